The molecule has 2 aliphatic rings. The van der Waals surface area contributed by atoms with Gasteiger partial charge in [0.25, 0.3) is 23.6 Å². The SMILES string of the molecule is CCCCCCCCCCCCCCCCN1C(=O)c2cccc3c(-c4ccc5c6ccc7c8c(ccc(c9cccc4c95)c86)C(=O)N(c4c(C(C)C)cccc4C(C)C)C7=O)ccc(c23)C1=O. The van der Waals surface area contributed by atoms with Crippen LogP contribution >= 0.6 is 0 Å². The van der Waals surface area contributed by atoms with E-state index in [1.165, 1.54) is 80.4 Å². The van der Waals surface area contributed by atoms with E-state index in [9.17, 15) is 19.2 Å². The highest BCUT2D eigenvalue weighted by atomic mass is 16.2. The first-order valence-electron chi connectivity index (χ1n) is 25.7. The van der Waals surface area contributed by atoms with Crippen molar-refractivity contribution in [3.8, 4) is 11.1 Å². The summed E-state index contributed by atoms with van der Waals surface area (Å²) in [6.07, 6.45) is 17.6. The van der Waals surface area contributed by atoms with Crippen LogP contribution in [0.2, 0.25) is 0 Å². The van der Waals surface area contributed by atoms with E-state index in [1.807, 2.05) is 54.6 Å². The van der Waals surface area contributed by atoms with Gasteiger partial charge in [-0.3, -0.25) is 24.1 Å². The number of amides is 4. The molecule has 0 unspecified atom stereocenters. The summed E-state index contributed by atoms with van der Waals surface area (Å²) in [7, 11) is 0. The van der Waals surface area contributed by atoms with Crippen LogP contribution in [-0.2, 0) is 0 Å². The summed E-state index contributed by atoms with van der Waals surface area (Å²) in [5.41, 5.74) is 6.87. The molecule has 6 heteroatoms. The summed E-state index contributed by atoms with van der Waals surface area (Å²) in [5, 5.41) is 9.44. The third kappa shape index (κ3) is 7.65. The van der Waals surface area contributed by atoms with Gasteiger partial charge in [0.05, 0.1) is 5.69 Å². The lowest BCUT2D eigenvalue weighted by atomic mass is 9.82. The maximum atomic E-state index is 14.8. The Kier molecular flexibility index (Phi) is 12.6. The largest absolute Gasteiger partial charge is 0.274 e. The van der Waals surface area contributed by atoms with E-state index in [2.05, 4.69) is 83.1 Å². The van der Waals surface area contributed by atoms with Gasteiger partial charge in [0.1, 0.15) is 0 Å². The Labute approximate surface area is 401 Å². The lowest BCUT2D eigenvalue weighted by Gasteiger charge is -2.32. The number of rotatable bonds is 19. The lowest BCUT2D eigenvalue weighted by Crippen LogP contribution is -2.41. The Hall–Kier alpha value is -6.40. The third-order valence-corrected chi connectivity index (χ3v) is 15.2. The van der Waals surface area contributed by atoms with Gasteiger partial charge in [0, 0.05) is 39.6 Å². The quantitative estimate of drug-likeness (QED) is 0.0351. The molecule has 0 spiro atoms. The minimum atomic E-state index is -0.293. The van der Waals surface area contributed by atoms with Crippen LogP contribution < -0.4 is 4.90 Å². The van der Waals surface area contributed by atoms with E-state index in [0.717, 1.165) is 90.0 Å². The van der Waals surface area contributed by atoms with E-state index in [4.69, 9.17) is 0 Å². The summed E-state index contributed by atoms with van der Waals surface area (Å²) in [6.45, 7) is 11.1. The summed E-state index contributed by atoms with van der Waals surface area (Å²) < 4.78 is 0. The minimum absolute atomic E-state index is 0.113. The number of unbranched alkanes of at least 4 members (excludes halogenated alkanes) is 13. The molecular formula is C62H64N2O4. The van der Waals surface area contributed by atoms with E-state index in [0.29, 0.717) is 39.9 Å². The standard InChI is InChI=1S/C62H64N2O4/c1-6-7-8-9-10-11-12-13-14-15-16-17-18-19-37-63-59(65)50-28-22-26-45-43(30-34-51(55(45)50)60(63)66)42-29-31-47-49-33-36-53-57-52(35-32-48(56(49)57)46-27-21-25-44(42)54(46)47)61(67)64(62(53)68)58-40(38(2)3)23-20-24-41(58)39(4)5/h20-36,38-39H,6-19,37H2,1-5H3. The first kappa shape index (κ1) is 45.4. The van der Waals surface area contributed by atoms with Crippen molar-refractivity contribution in [3.05, 3.63) is 137 Å². The third-order valence-electron chi connectivity index (χ3n) is 15.2. The predicted octanol–water partition coefficient (Wildman–Crippen LogP) is 16.7. The van der Waals surface area contributed by atoms with Crippen molar-refractivity contribution >= 4 is 83.2 Å². The number of benzene rings is 8. The highest BCUT2D eigenvalue weighted by Gasteiger charge is 2.38. The molecule has 0 fully saturated rings. The number of para-hydroxylation sites is 1. The number of nitrogens with zero attached hydrogens (tertiary/aromatic N) is 2. The Morgan fingerprint density at radius 2 is 0.735 bits per heavy atom. The number of carbonyl (C=O) groups excluding carboxylic acids is 4. The molecule has 68 heavy (non-hydrogen) atoms. The van der Waals surface area contributed by atoms with E-state index in [-0.39, 0.29) is 35.5 Å². The molecule has 2 aliphatic heterocycles. The first-order valence-corrected chi connectivity index (χ1v) is 25.7. The molecule has 0 aliphatic carbocycles. The second-order valence-electron chi connectivity index (χ2n) is 20.2. The number of fused-ring (bicyclic) bond motifs is 2. The van der Waals surface area contributed by atoms with Crippen LogP contribution in [0, 0.1) is 0 Å². The van der Waals surface area contributed by atoms with Gasteiger partial charge in [0.15, 0.2) is 0 Å². The average Bonchev–Trinajstić information content (AvgIpc) is 3.34. The van der Waals surface area contributed by atoms with Gasteiger partial charge in [0.2, 0.25) is 0 Å². The zero-order chi connectivity index (χ0) is 47.2. The maximum Gasteiger partial charge on any atom is 0.266 e. The van der Waals surface area contributed by atoms with Crippen LogP contribution in [0.1, 0.15) is 189 Å². The lowest BCUT2D eigenvalue weighted by molar-refractivity contribution is 0.0607. The molecule has 6 nitrogen and oxygen atoms in total. The van der Waals surface area contributed by atoms with Gasteiger partial charge >= 0.3 is 0 Å². The second kappa shape index (κ2) is 18.9. The van der Waals surface area contributed by atoms with Crippen molar-refractivity contribution < 1.29 is 19.2 Å². The Bertz CT molecular complexity index is 3170. The number of hydrogen-bond donors (Lipinski definition) is 0. The molecule has 4 amide bonds. The van der Waals surface area contributed by atoms with Crippen LogP contribution in [0.15, 0.2) is 103 Å². The van der Waals surface area contributed by atoms with Crippen molar-refractivity contribution in [2.45, 2.75) is 136 Å². The van der Waals surface area contributed by atoms with Gasteiger partial charge in [-0.15, -0.1) is 0 Å². The molecule has 10 rings (SSSR count). The molecule has 0 aromatic heterocycles. The smallest absolute Gasteiger partial charge is 0.266 e. The molecular weight excluding hydrogens is 837 g/mol. The number of anilines is 1. The summed E-state index contributed by atoms with van der Waals surface area (Å²) in [4.78, 5) is 60.7. The predicted molar refractivity (Wildman–Crippen MR) is 282 cm³/mol. The summed E-state index contributed by atoms with van der Waals surface area (Å²) >= 11 is 0. The van der Waals surface area contributed by atoms with Crippen molar-refractivity contribution in [1.82, 2.24) is 4.90 Å². The highest BCUT2D eigenvalue weighted by Crippen LogP contribution is 2.48. The monoisotopic (exact) mass is 900 g/mol. The van der Waals surface area contributed by atoms with Gasteiger partial charge in [-0.1, -0.05) is 197 Å². The fourth-order valence-corrected chi connectivity index (χ4v) is 11.7. The minimum Gasteiger partial charge on any atom is -0.274 e. The number of carbonyl (C=O) groups is 4. The molecule has 0 N–H and O–H groups in total. The molecule has 2 heterocycles. The molecule has 0 bridgehead atoms. The Balaban J connectivity index is 0.933. The number of hydrogen-bond acceptors (Lipinski definition) is 4. The van der Waals surface area contributed by atoms with Crippen LogP contribution in [-0.4, -0.2) is 35.1 Å². The first-order chi connectivity index (χ1) is 33.1. The van der Waals surface area contributed by atoms with Crippen molar-refractivity contribution in [2.24, 2.45) is 0 Å². The Morgan fingerprint density at radius 1 is 0.353 bits per heavy atom. The fraction of sp³-hybridized carbons (Fsp3) is 0.355. The van der Waals surface area contributed by atoms with Crippen LogP contribution in [0.5, 0.6) is 0 Å². The van der Waals surface area contributed by atoms with Crippen molar-refractivity contribution in [1.29, 1.82) is 0 Å². The molecule has 0 saturated heterocycles. The van der Waals surface area contributed by atoms with E-state index >= 15 is 0 Å². The normalized spacial score (nSPS) is 14.0. The van der Waals surface area contributed by atoms with Gasteiger partial charge < -0.3 is 0 Å². The summed E-state index contributed by atoms with van der Waals surface area (Å²) in [5.74, 6) is -0.782. The molecule has 8 aromatic carbocycles. The van der Waals surface area contributed by atoms with Crippen molar-refractivity contribution in [2.75, 3.05) is 11.4 Å². The highest BCUT2D eigenvalue weighted by molar-refractivity contribution is 6.43. The fourth-order valence-electron chi connectivity index (χ4n) is 11.7. The molecule has 0 atom stereocenters. The topological polar surface area (TPSA) is 74.8 Å². The van der Waals surface area contributed by atoms with Crippen LogP contribution in [0.3, 0.4) is 0 Å². The number of imide groups is 2. The van der Waals surface area contributed by atoms with E-state index < -0.39 is 0 Å². The van der Waals surface area contributed by atoms with E-state index in [1.54, 1.807) is 0 Å². The maximum absolute atomic E-state index is 14.8. The zero-order valence-electron chi connectivity index (χ0n) is 40.6. The molecule has 0 radical (unpaired) electrons. The Morgan fingerprint density at radius 3 is 1.28 bits per heavy atom. The van der Waals surface area contributed by atoms with Gasteiger partial charge in [-0.2, -0.15) is 0 Å². The zero-order valence-corrected chi connectivity index (χ0v) is 40.6. The van der Waals surface area contributed by atoms with Gasteiger partial charge in [-0.05, 0) is 108 Å². The average molecular weight is 901 g/mol. The van der Waals surface area contributed by atoms with Crippen molar-refractivity contribution in [3.63, 3.8) is 0 Å². The van der Waals surface area contributed by atoms with Gasteiger partial charge in [-0.25, -0.2) is 4.90 Å². The summed E-state index contributed by atoms with van der Waals surface area (Å²) in [6, 6.07) is 34.5. The van der Waals surface area contributed by atoms with Crippen LogP contribution in [0.25, 0.3) is 65.0 Å². The molecule has 8 aromatic rings. The molecule has 346 valence electrons. The second-order valence-corrected chi connectivity index (χ2v) is 20.2. The molecule has 0 saturated carbocycles. The van der Waals surface area contributed by atoms with Crippen LogP contribution in [0.4, 0.5) is 5.69 Å².